The summed E-state index contributed by atoms with van der Waals surface area (Å²) in [5, 5.41) is 1.30. The Balaban J connectivity index is 1.15. The van der Waals surface area contributed by atoms with Crippen LogP contribution in [-0.4, -0.2) is 11.7 Å². The predicted octanol–water partition coefficient (Wildman–Crippen LogP) is 15.9. The Kier molecular flexibility index (Phi) is 9.17. The predicted molar refractivity (Wildman–Crippen MR) is 305 cm³/mol. The molecule has 2 aliphatic carbocycles. The highest BCUT2D eigenvalue weighted by atomic mass is 32.1. The molecule has 0 bridgehead atoms. The van der Waals surface area contributed by atoms with Gasteiger partial charge in [0.05, 0.1) is 16.8 Å². The molecule has 0 amide bonds. The molecule has 1 spiro atoms. The van der Waals surface area contributed by atoms with Gasteiger partial charge in [0.1, 0.15) is 0 Å². The minimum atomic E-state index is -0.477. The highest BCUT2D eigenvalue weighted by Gasteiger charge is 2.53. The number of anilines is 6. The van der Waals surface area contributed by atoms with Crippen LogP contribution in [0.15, 0.2) is 158 Å². The number of aromatic nitrogens is 1. The summed E-state index contributed by atoms with van der Waals surface area (Å²) in [6.45, 7) is 28.0. The monoisotopic (exact) mass is 939 g/mol. The van der Waals surface area contributed by atoms with Crippen LogP contribution in [-0.2, 0) is 27.1 Å². The van der Waals surface area contributed by atoms with Gasteiger partial charge in [0, 0.05) is 55.1 Å². The van der Waals surface area contributed by atoms with E-state index in [1.807, 2.05) is 17.5 Å². The SMILES string of the molecule is CC(C)(C)c1ccc(N2c3cc(C(C)(C)C)ccc3B3c4sc5cc6c(cc5c4N(c4ccc(C(C)(C)C)cc4)c4cc(C(C)(C)C)cc2c43)-c2ccccc2C62c3ccccc3-c3ncccc32)cc1. The van der Waals surface area contributed by atoms with Crippen LogP contribution in [0, 0.1) is 0 Å². The first-order valence-electron chi connectivity index (χ1n) is 25.6. The van der Waals surface area contributed by atoms with Gasteiger partial charge in [-0.1, -0.05) is 174 Å². The summed E-state index contributed by atoms with van der Waals surface area (Å²) in [6, 6.07) is 59.3. The minimum absolute atomic E-state index is 0.00820. The third-order valence-corrected chi connectivity index (χ3v) is 17.5. The number of pyridine rings is 1. The maximum absolute atomic E-state index is 5.11. The first-order valence-corrected chi connectivity index (χ1v) is 26.5. The van der Waals surface area contributed by atoms with Crippen molar-refractivity contribution in [3.8, 4) is 22.4 Å². The summed E-state index contributed by atoms with van der Waals surface area (Å²) < 4.78 is 2.70. The van der Waals surface area contributed by atoms with Crippen LogP contribution in [0.2, 0.25) is 0 Å². The Bertz CT molecular complexity index is 3650. The van der Waals surface area contributed by atoms with Crippen molar-refractivity contribution in [2.75, 3.05) is 9.80 Å². The summed E-state index contributed by atoms with van der Waals surface area (Å²) in [4.78, 5) is 10.4. The molecule has 2 aliphatic heterocycles. The van der Waals surface area contributed by atoms with Crippen LogP contribution in [0.4, 0.5) is 34.1 Å². The molecule has 1 atom stereocenters. The van der Waals surface area contributed by atoms with Gasteiger partial charge in [-0.25, -0.2) is 0 Å². The largest absolute Gasteiger partial charge is 0.311 e. The summed E-state index contributed by atoms with van der Waals surface area (Å²) >= 11 is 2.00. The first kappa shape index (κ1) is 44.3. The molecule has 0 saturated heterocycles. The smallest absolute Gasteiger partial charge is 0.264 e. The molecule has 2 aromatic heterocycles. The van der Waals surface area contributed by atoms with Crippen molar-refractivity contribution in [3.63, 3.8) is 0 Å². The fraction of sp³-hybridized carbons (Fsp3) is 0.258. The molecule has 0 N–H and O–H groups in total. The third kappa shape index (κ3) is 6.24. The van der Waals surface area contributed by atoms with Crippen LogP contribution < -0.4 is 25.5 Å². The van der Waals surface area contributed by atoms with Gasteiger partial charge in [0.15, 0.2) is 0 Å². The van der Waals surface area contributed by atoms with Crippen LogP contribution in [0.1, 0.15) is 128 Å². The quantitative estimate of drug-likeness (QED) is 0.161. The van der Waals surface area contributed by atoms with E-state index in [0.29, 0.717) is 0 Å². The van der Waals surface area contributed by atoms with E-state index in [9.17, 15) is 0 Å². The van der Waals surface area contributed by atoms with Crippen LogP contribution in [0.5, 0.6) is 0 Å². The van der Waals surface area contributed by atoms with Crippen molar-refractivity contribution in [3.05, 3.63) is 202 Å². The van der Waals surface area contributed by atoms with Crippen LogP contribution >= 0.6 is 11.3 Å². The van der Waals surface area contributed by atoms with E-state index in [0.717, 1.165) is 5.69 Å². The van der Waals surface area contributed by atoms with Gasteiger partial charge in [-0.3, -0.25) is 4.98 Å². The Morgan fingerprint density at radius 3 is 1.59 bits per heavy atom. The molecule has 9 aromatic rings. The van der Waals surface area contributed by atoms with Crippen molar-refractivity contribution < 1.29 is 0 Å². The summed E-state index contributed by atoms with van der Waals surface area (Å²) in [6.07, 6.45) is 1.96. The lowest BCUT2D eigenvalue weighted by atomic mass is 9.36. The van der Waals surface area contributed by atoms with Gasteiger partial charge in [-0.15, -0.1) is 11.3 Å². The third-order valence-electron chi connectivity index (χ3n) is 16.3. The number of hydrogen-bond acceptors (Lipinski definition) is 4. The minimum Gasteiger partial charge on any atom is -0.311 e. The zero-order valence-electron chi connectivity index (χ0n) is 43.3. The van der Waals surface area contributed by atoms with Gasteiger partial charge in [-0.2, -0.15) is 0 Å². The number of fused-ring (bicyclic) bond motifs is 16. The highest BCUT2D eigenvalue weighted by Crippen LogP contribution is 2.63. The molecule has 5 heteroatoms. The molecule has 71 heavy (non-hydrogen) atoms. The van der Waals surface area contributed by atoms with E-state index in [1.54, 1.807) is 0 Å². The lowest BCUT2D eigenvalue weighted by Gasteiger charge is -2.44. The van der Waals surface area contributed by atoms with Crippen molar-refractivity contribution in [2.45, 2.75) is 110 Å². The molecule has 1 unspecified atom stereocenters. The second-order valence-corrected chi connectivity index (χ2v) is 25.9. The van der Waals surface area contributed by atoms with Gasteiger partial charge < -0.3 is 9.80 Å². The van der Waals surface area contributed by atoms with Crippen molar-refractivity contribution in [1.29, 1.82) is 0 Å². The summed E-state index contributed by atoms with van der Waals surface area (Å²) in [5.41, 5.74) is 25.1. The highest BCUT2D eigenvalue weighted by molar-refractivity contribution is 7.33. The molecule has 4 aliphatic rings. The molecule has 4 heterocycles. The molecular formula is C66H62BN3S. The van der Waals surface area contributed by atoms with Gasteiger partial charge in [-0.05, 0) is 149 Å². The second kappa shape index (κ2) is 14.7. The molecule has 350 valence electrons. The lowest BCUT2D eigenvalue weighted by molar-refractivity contribution is 0.589. The van der Waals surface area contributed by atoms with Crippen LogP contribution in [0.3, 0.4) is 0 Å². The van der Waals surface area contributed by atoms with Gasteiger partial charge in [0.25, 0.3) is 6.71 Å². The normalized spacial score (nSPS) is 16.4. The van der Waals surface area contributed by atoms with Crippen molar-refractivity contribution in [2.24, 2.45) is 0 Å². The maximum Gasteiger partial charge on any atom is 0.264 e. The van der Waals surface area contributed by atoms with E-state index in [4.69, 9.17) is 4.98 Å². The average Bonchev–Trinajstić information content (AvgIpc) is 3.95. The topological polar surface area (TPSA) is 19.4 Å². The van der Waals surface area contributed by atoms with E-state index in [-0.39, 0.29) is 28.4 Å². The number of benzene rings is 7. The average molecular weight is 940 g/mol. The molecule has 0 radical (unpaired) electrons. The van der Waals surface area contributed by atoms with Crippen molar-refractivity contribution in [1.82, 2.24) is 4.98 Å². The number of hydrogen-bond donors (Lipinski definition) is 0. The Hall–Kier alpha value is -6.69. The zero-order chi connectivity index (χ0) is 49.3. The number of nitrogens with zero attached hydrogens (tertiary/aromatic N) is 3. The molecule has 13 rings (SSSR count). The Labute approximate surface area is 425 Å². The molecule has 3 nitrogen and oxygen atoms in total. The Morgan fingerprint density at radius 2 is 0.972 bits per heavy atom. The number of rotatable bonds is 2. The maximum atomic E-state index is 5.11. The van der Waals surface area contributed by atoms with E-state index < -0.39 is 5.41 Å². The molecule has 7 aromatic carbocycles. The standard InChI is InChI=1S/C66H62BN3S/c1-62(2,3)39-23-28-43(29-24-39)69-54-34-41(64(7,8)9)27-32-53(54)67-58-55(69)35-42(65(10,11)12)36-56(58)70(44-30-25-40(26-31-44)63(4,5)6)60-48-37-47-45-18-13-15-20-49(45)66(52(47)38-57(48)71-61(60)67)50-21-16-14-19-46(50)59-51(66)22-17-33-68-59/h13-38H,1-12H3. The van der Waals surface area contributed by atoms with E-state index in [1.165, 1.54) is 121 Å². The second-order valence-electron chi connectivity index (χ2n) is 24.8. The lowest BCUT2D eigenvalue weighted by Crippen LogP contribution is -2.60. The number of thiophene rings is 1. The van der Waals surface area contributed by atoms with Crippen LogP contribution in [0.25, 0.3) is 32.5 Å². The van der Waals surface area contributed by atoms with Gasteiger partial charge >= 0.3 is 0 Å². The Morgan fingerprint density at radius 1 is 0.451 bits per heavy atom. The van der Waals surface area contributed by atoms with Crippen molar-refractivity contribution >= 4 is 78.0 Å². The van der Waals surface area contributed by atoms with E-state index in [2.05, 4.69) is 245 Å². The summed E-state index contributed by atoms with van der Waals surface area (Å²) in [5.74, 6) is 0. The molecule has 0 saturated carbocycles. The fourth-order valence-electron chi connectivity index (χ4n) is 12.6. The fourth-order valence-corrected chi connectivity index (χ4v) is 13.9. The molecule has 0 fully saturated rings. The molecular weight excluding hydrogens is 878 g/mol. The summed E-state index contributed by atoms with van der Waals surface area (Å²) in [7, 11) is 0. The zero-order valence-corrected chi connectivity index (χ0v) is 44.2. The van der Waals surface area contributed by atoms with E-state index >= 15 is 0 Å². The first-order chi connectivity index (χ1) is 33.7. The van der Waals surface area contributed by atoms with Gasteiger partial charge in [0.2, 0.25) is 0 Å².